The van der Waals surface area contributed by atoms with Crippen molar-refractivity contribution >= 4 is 11.3 Å². The quantitative estimate of drug-likeness (QED) is 0.579. The second-order valence-electron chi connectivity index (χ2n) is 2.11. The van der Waals surface area contributed by atoms with Gasteiger partial charge >= 0.3 is 0 Å². The summed E-state index contributed by atoms with van der Waals surface area (Å²) in [4.78, 5) is 0. The fraction of sp³-hybridized carbons (Fsp3) is 0. The van der Waals surface area contributed by atoms with Gasteiger partial charge in [-0.15, -0.1) is 0 Å². The minimum atomic E-state index is 0.512. The lowest BCUT2D eigenvalue weighted by molar-refractivity contribution is 1.62. The molecule has 0 aliphatic rings. The topological polar surface area (TPSA) is 26.0 Å². The standard InChI is InChI=1S/C9H9N/c1-7(2)8-5-3-4-6-9(8)10/h1,3-6H,2,10H2. The maximum atomic E-state index is 5.58. The third kappa shape index (κ3) is 1.18. The lowest BCUT2D eigenvalue weighted by Crippen LogP contribution is -1.89. The lowest BCUT2D eigenvalue weighted by atomic mass is 10.1. The molecular formula is C9H9N. The van der Waals surface area contributed by atoms with Crippen LogP contribution in [0.15, 0.2) is 30.8 Å². The number of hydrogen-bond acceptors (Lipinski definition) is 1. The van der Waals surface area contributed by atoms with E-state index < -0.39 is 0 Å². The van der Waals surface area contributed by atoms with E-state index in [-0.39, 0.29) is 0 Å². The van der Waals surface area contributed by atoms with Crippen molar-refractivity contribution in [3.05, 3.63) is 43.3 Å². The molecular weight excluding hydrogens is 122 g/mol. The molecule has 0 spiro atoms. The average Bonchev–Trinajstić information content (AvgIpc) is 1.88. The largest absolute Gasteiger partial charge is 0.398 e. The molecule has 0 saturated heterocycles. The predicted octanol–water partition coefficient (Wildman–Crippen LogP) is 1.99. The first-order valence-electron chi connectivity index (χ1n) is 3.01. The van der Waals surface area contributed by atoms with Crippen molar-refractivity contribution in [1.29, 1.82) is 0 Å². The van der Waals surface area contributed by atoms with E-state index in [1.807, 2.05) is 18.2 Å². The molecule has 0 bridgehead atoms. The van der Waals surface area contributed by atoms with Crippen LogP contribution in [0.1, 0.15) is 5.56 Å². The highest BCUT2D eigenvalue weighted by atomic mass is 14.6. The fourth-order valence-electron chi connectivity index (χ4n) is 0.789. The van der Waals surface area contributed by atoms with Gasteiger partial charge in [-0.05, 0) is 18.6 Å². The van der Waals surface area contributed by atoms with E-state index in [9.17, 15) is 0 Å². The van der Waals surface area contributed by atoms with Crippen LogP contribution in [-0.2, 0) is 0 Å². The molecule has 10 heavy (non-hydrogen) atoms. The van der Waals surface area contributed by atoms with Crippen molar-refractivity contribution in [2.75, 3.05) is 5.73 Å². The molecule has 1 heteroatoms. The van der Waals surface area contributed by atoms with Crippen molar-refractivity contribution in [3.8, 4) is 0 Å². The van der Waals surface area contributed by atoms with Crippen LogP contribution in [0.25, 0.3) is 5.57 Å². The van der Waals surface area contributed by atoms with Crippen LogP contribution in [0.4, 0.5) is 5.69 Å². The minimum absolute atomic E-state index is 0.512. The Bertz CT molecular complexity index is 251. The van der Waals surface area contributed by atoms with Crippen LogP contribution < -0.4 is 5.73 Å². The number of allylic oxidation sites excluding steroid dienone is 1. The first-order chi connectivity index (χ1) is 4.72. The van der Waals surface area contributed by atoms with Crippen molar-refractivity contribution < 1.29 is 0 Å². The van der Waals surface area contributed by atoms with Gasteiger partial charge in [-0.3, -0.25) is 0 Å². The fourth-order valence-corrected chi connectivity index (χ4v) is 0.789. The Morgan fingerprint density at radius 2 is 2.00 bits per heavy atom. The Morgan fingerprint density at radius 1 is 1.40 bits per heavy atom. The van der Waals surface area contributed by atoms with Gasteiger partial charge in [0.2, 0.25) is 0 Å². The summed E-state index contributed by atoms with van der Waals surface area (Å²) < 4.78 is 0. The summed E-state index contributed by atoms with van der Waals surface area (Å²) in [6, 6.07) is 7.39. The van der Waals surface area contributed by atoms with E-state index in [0.29, 0.717) is 11.3 Å². The Labute approximate surface area is 61.2 Å². The predicted molar refractivity (Wildman–Crippen MR) is 44.2 cm³/mol. The highest BCUT2D eigenvalue weighted by Crippen LogP contribution is 2.17. The third-order valence-corrected chi connectivity index (χ3v) is 1.31. The number of para-hydroxylation sites is 1. The molecule has 0 heterocycles. The number of hydrogen-bond donors (Lipinski definition) is 1. The third-order valence-electron chi connectivity index (χ3n) is 1.31. The zero-order chi connectivity index (χ0) is 7.56. The summed E-state index contributed by atoms with van der Waals surface area (Å²) in [5.74, 6) is 0. The molecule has 0 atom stereocenters. The summed E-state index contributed by atoms with van der Waals surface area (Å²) in [6.07, 6.45) is 0. The molecule has 0 unspecified atom stereocenters. The molecule has 2 N–H and O–H groups in total. The SMILES string of the molecule is [CH]C(=C)c1ccccc1N. The Hall–Kier alpha value is -1.24. The molecule has 50 valence electrons. The molecule has 0 saturated carbocycles. The Morgan fingerprint density at radius 3 is 2.40 bits per heavy atom. The second kappa shape index (κ2) is 2.56. The molecule has 0 aliphatic carbocycles. The van der Waals surface area contributed by atoms with E-state index in [2.05, 4.69) is 6.58 Å². The van der Waals surface area contributed by atoms with Gasteiger partial charge in [-0.25, -0.2) is 0 Å². The molecule has 0 fully saturated rings. The van der Waals surface area contributed by atoms with Crippen molar-refractivity contribution in [3.63, 3.8) is 0 Å². The summed E-state index contributed by atoms with van der Waals surface area (Å²) in [7, 11) is 0. The monoisotopic (exact) mass is 131 g/mol. The highest BCUT2D eigenvalue weighted by Gasteiger charge is 1.95. The molecule has 1 aromatic rings. The van der Waals surface area contributed by atoms with Gasteiger partial charge in [0, 0.05) is 11.3 Å². The Kier molecular flexibility index (Phi) is 1.76. The average molecular weight is 131 g/mol. The van der Waals surface area contributed by atoms with Gasteiger partial charge in [-0.1, -0.05) is 24.8 Å². The molecule has 1 nitrogen and oxygen atoms in total. The van der Waals surface area contributed by atoms with Gasteiger partial charge < -0.3 is 5.73 Å². The molecule has 1 aromatic carbocycles. The van der Waals surface area contributed by atoms with Crippen LogP contribution >= 0.6 is 0 Å². The van der Waals surface area contributed by atoms with Crippen LogP contribution in [0.3, 0.4) is 0 Å². The number of nitrogens with two attached hydrogens (primary N) is 1. The van der Waals surface area contributed by atoms with Crippen LogP contribution in [0, 0.1) is 6.92 Å². The Balaban J connectivity index is 3.15. The molecule has 2 radical (unpaired) electrons. The summed E-state index contributed by atoms with van der Waals surface area (Å²) >= 11 is 0. The lowest BCUT2D eigenvalue weighted by Gasteiger charge is -2.01. The normalized spacial score (nSPS) is 9.30. The smallest absolute Gasteiger partial charge is 0.0390 e. The van der Waals surface area contributed by atoms with Gasteiger partial charge in [0.15, 0.2) is 0 Å². The zero-order valence-corrected chi connectivity index (χ0v) is 5.67. The summed E-state index contributed by atoms with van der Waals surface area (Å²) in [5.41, 5.74) is 7.59. The van der Waals surface area contributed by atoms with Crippen LogP contribution in [0.5, 0.6) is 0 Å². The van der Waals surface area contributed by atoms with Gasteiger partial charge in [-0.2, -0.15) is 0 Å². The second-order valence-corrected chi connectivity index (χ2v) is 2.11. The first kappa shape index (κ1) is 6.87. The van der Waals surface area contributed by atoms with Gasteiger partial charge in [0.25, 0.3) is 0 Å². The highest BCUT2D eigenvalue weighted by molar-refractivity contribution is 5.75. The molecule has 0 amide bonds. The zero-order valence-electron chi connectivity index (χ0n) is 5.67. The van der Waals surface area contributed by atoms with Crippen LogP contribution in [0.2, 0.25) is 0 Å². The van der Waals surface area contributed by atoms with E-state index in [0.717, 1.165) is 5.56 Å². The van der Waals surface area contributed by atoms with Crippen molar-refractivity contribution in [1.82, 2.24) is 0 Å². The maximum Gasteiger partial charge on any atom is 0.0390 e. The van der Waals surface area contributed by atoms with E-state index in [1.165, 1.54) is 0 Å². The number of anilines is 1. The van der Waals surface area contributed by atoms with Crippen molar-refractivity contribution in [2.45, 2.75) is 0 Å². The molecule has 0 aliphatic heterocycles. The first-order valence-corrected chi connectivity index (χ1v) is 3.01. The van der Waals surface area contributed by atoms with Gasteiger partial charge in [0.05, 0.1) is 0 Å². The molecule has 0 aromatic heterocycles. The van der Waals surface area contributed by atoms with E-state index in [1.54, 1.807) is 6.07 Å². The van der Waals surface area contributed by atoms with E-state index >= 15 is 0 Å². The van der Waals surface area contributed by atoms with Gasteiger partial charge in [0.1, 0.15) is 0 Å². The molecule has 1 rings (SSSR count). The van der Waals surface area contributed by atoms with E-state index in [4.69, 9.17) is 12.7 Å². The minimum Gasteiger partial charge on any atom is -0.398 e. The number of rotatable bonds is 1. The summed E-state index contributed by atoms with van der Waals surface area (Å²) in [5, 5.41) is 0. The summed E-state index contributed by atoms with van der Waals surface area (Å²) in [6.45, 7) is 9.02. The van der Waals surface area contributed by atoms with Crippen molar-refractivity contribution in [2.24, 2.45) is 0 Å². The van der Waals surface area contributed by atoms with Crippen LogP contribution in [-0.4, -0.2) is 0 Å². The number of nitrogen functional groups attached to an aromatic ring is 1. The maximum absolute atomic E-state index is 5.58. The number of benzene rings is 1.